The van der Waals surface area contributed by atoms with Crippen LogP contribution >= 0.6 is 0 Å². The molecule has 0 spiro atoms. The number of halogens is 3. The number of alkyl halides is 3. The van der Waals surface area contributed by atoms with Crippen molar-refractivity contribution in [1.82, 2.24) is 4.90 Å². The Morgan fingerprint density at radius 2 is 2.00 bits per heavy atom. The van der Waals surface area contributed by atoms with E-state index in [1.807, 2.05) is 0 Å². The van der Waals surface area contributed by atoms with Crippen LogP contribution in [0.3, 0.4) is 0 Å². The minimum absolute atomic E-state index is 0.0552. The molecule has 2 aliphatic rings. The van der Waals surface area contributed by atoms with E-state index in [1.54, 1.807) is 4.90 Å². The minimum atomic E-state index is -4.59. The predicted octanol–water partition coefficient (Wildman–Crippen LogP) is 2.75. The van der Waals surface area contributed by atoms with Gasteiger partial charge in [0.2, 0.25) is 5.91 Å². The smallest absolute Gasteiger partial charge is 0.374 e. The highest BCUT2D eigenvalue weighted by Gasteiger charge is 2.40. The molecule has 0 radical (unpaired) electrons. The lowest BCUT2D eigenvalue weighted by atomic mass is 10.1. The molecule has 7 heteroatoms. The first-order valence-electron chi connectivity index (χ1n) is 7.08. The van der Waals surface area contributed by atoms with E-state index in [0.717, 1.165) is 25.0 Å². The van der Waals surface area contributed by atoms with E-state index in [2.05, 4.69) is 5.32 Å². The Morgan fingerprint density at radius 1 is 1.27 bits per heavy atom. The molecule has 1 aliphatic carbocycles. The Hall–Kier alpha value is -2.23. The van der Waals surface area contributed by atoms with Crippen molar-refractivity contribution < 1.29 is 18.0 Å². The zero-order chi connectivity index (χ0) is 15.9. The minimum Gasteiger partial charge on any atom is -0.374 e. The molecule has 1 aliphatic heterocycles. The standard InChI is InChI=1S/C15H14F3N3O/c16-15(17,18)12-7-10(2-1-9(12)8-19)20-13-5-6-21(14(13)22)11-3-4-11/h1-2,7,11,13,20H,3-6H2/t13-/m0/s1. The fraction of sp³-hybridized carbons (Fsp3) is 0.467. The van der Waals surface area contributed by atoms with Crippen LogP contribution in [0.1, 0.15) is 30.4 Å². The van der Waals surface area contributed by atoms with Gasteiger partial charge in [-0.25, -0.2) is 0 Å². The number of carbonyl (C=O) groups excluding carboxylic acids is 1. The average Bonchev–Trinajstić information content (AvgIpc) is 3.24. The molecule has 1 heterocycles. The van der Waals surface area contributed by atoms with E-state index < -0.39 is 23.3 Å². The van der Waals surface area contributed by atoms with E-state index >= 15 is 0 Å². The quantitative estimate of drug-likeness (QED) is 0.934. The van der Waals surface area contributed by atoms with Crippen molar-refractivity contribution in [3.8, 4) is 6.07 Å². The third kappa shape index (κ3) is 2.73. The summed E-state index contributed by atoms with van der Waals surface area (Å²) in [6.45, 7) is 0.642. The van der Waals surface area contributed by atoms with Gasteiger partial charge in [-0.05, 0) is 37.5 Å². The number of nitriles is 1. The topological polar surface area (TPSA) is 56.1 Å². The first-order valence-corrected chi connectivity index (χ1v) is 7.08. The van der Waals surface area contributed by atoms with E-state index in [-0.39, 0.29) is 11.6 Å². The summed E-state index contributed by atoms with van der Waals surface area (Å²) in [5.74, 6) is -0.0552. The SMILES string of the molecule is N#Cc1ccc(N[C@H]2CCN(C3CC3)C2=O)cc1C(F)(F)F. The third-order valence-electron chi connectivity index (χ3n) is 4.01. The monoisotopic (exact) mass is 309 g/mol. The highest BCUT2D eigenvalue weighted by Crippen LogP contribution is 2.35. The van der Waals surface area contributed by atoms with Gasteiger partial charge in [-0.15, -0.1) is 0 Å². The normalized spacial score (nSPS) is 21.8. The van der Waals surface area contributed by atoms with Crippen LogP contribution in [0.15, 0.2) is 18.2 Å². The molecule has 1 N–H and O–H groups in total. The van der Waals surface area contributed by atoms with Gasteiger partial charge in [0.25, 0.3) is 0 Å². The highest BCUT2D eigenvalue weighted by atomic mass is 19.4. The van der Waals surface area contributed by atoms with Crippen LogP contribution in [0, 0.1) is 11.3 Å². The van der Waals surface area contributed by atoms with Crippen molar-refractivity contribution in [1.29, 1.82) is 5.26 Å². The number of anilines is 1. The molecule has 1 saturated heterocycles. The van der Waals surface area contributed by atoms with Crippen molar-refractivity contribution >= 4 is 11.6 Å². The number of benzene rings is 1. The Labute approximate surface area is 125 Å². The molecular formula is C15H14F3N3O. The Balaban J connectivity index is 1.78. The summed E-state index contributed by atoms with van der Waals surface area (Å²) in [5, 5.41) is 11.6. The molecule has 2 fully saturated rings. The number of rotatable bonds is 3. The maximum absolute atomic E-state index is 12.9. The number of hydrogen-bond acceptors (Lipinski definition) is 3. The molecule has 0 bridgehead atoms. The largest absolute Gasteiger partial charge is 0.417 e. The van der Waals surface area contributed by atoms with Crippen molar-refractivity contribution in [2.24, 2.45) is 0 Å². The van der Waals surface area contributed by atoms with Crippen LogP contribution in [0.2, 0.25) is 0 Å². The molecular weight excluding hydrogens is 295 g/mol. The molecule has 4 nitrogen and oxygen atoms in total. The van der Waals surface area contributed by atoms with Crippen LogP contribution in [-0.4, -0.2) is 29.4 Å². The number of nitrogens with zero attached hydrogens (tertiary/aromatic N) is 2. The number of hydrogen-bond donors (Lipinski definition) is 1. The van der Waals surface area contributed by atoms with E-state index in [0.29, 0.717) is 19.0 Å². The van der Waals surface area contributed by atoms with Gasteiger partial charge in [-0.2, -0.15) is 18.4 Å². The van der Waals surface area contributed by atoms with Gasteiger partial charge in [0.15, 0.2) is 0 Å². The maximum atomic E-state index is 12.9. The number of likely N-dealkylation sites (tertiary alicyclic amines) is 1. The van der Waals surface area contributed by atoms with Gasteiger partial charge in [0, 0.05) is 18.3 Å². The second-order valence-corrected chi connectivity index (χ2v) is 5.62. The molecule has 0 aromatic heterocycles. The summed E-state index contributed by atoms with van der Waals surface area (Å²) < 4.78 is 38.8. The van der Waals surface area contributed by atoms with Crippen molar-refractivity contribution in [3.63, 3.8) is 0 Å². The second-order valence-electron chi connectivity index (χ2n) is 5.62. The summed E-state index contributed by atoms with van der Waals surface area (Å²) in [6, 6.07) is 4.79. The zero-order valence-corrected chi connectivity index (χ0v) is 11.7. The molecule has 1 saturated carbocycles. The van der Waals surface area contributed by atoms with Gasteiger partial charge >= 0.3 is 6.18 Å². The summed E-state index contributed by atoms with van der Waals surface area (Å²) in [6.07, 6.45) is -2.00. The van der Waals surface area contributed by atoms with Crippen molar-refractivity contribution in [3.05, 3.63) is 29.3 Å². The second kappa shape index (κ2) is 5.20. The Kier molecular flexibility index (Phi) is 3.47. The summed E-state index contributed by atoms with van der Waals surface area (Å²) in [7, 11) is 0. The van der Waals surface area contributed by atoms with Gasteiger partial charge < -0.3 is 10.2 Å². The third-order valence-corrected chi connectivity index (χ3v) is 4.01. The van der Waals surface area contributed by atoms with E-state index in [4.69, 9.17) is 5.26 Å². The lowest BCUT2D eigenvalue weighted by molar-refractivity contribution is -0.137. The van der Waals surface area contributed by atoms with Gasteiger partial charge in [0.05, 0.1) is 17.2 Å². The molecule has 22 heavy (non-hydrogen) atoms. The molecule has 116 valence electrons. The predicted molar refractivity (Wildman–Crippen MR) is 72.9 cm³/mol. The zero-order valence-electron chi connectivity index (χ0n) is 11.7. The summed E-state index contributed by atoms with van der Waals surface area (Å²) in [4.78, 5) is 14.0. The van der Waals surface area contributed by atoms with E-state index in [9.17, 15) is 18.0 Å². The maximum Gasteiger partial charge on any atom is 0.417 e. The Morgan fingerprint density at radius 3 is 2.59 bits per heavy atom. The lowest BCUT2D eigenvalue weighted by Crippen LogP contribution is -2.34. The fourth-order valence-electron chi connectivity index (χ4n) is 2.75. The molecule has 1 aromatic carbocycles. The molecule has 1 atom stereocenters. The number of carbonyl (C=O) groups is 1. The van der Waals surface area contributed by atoms with Crippen molar-refractivity contribution in [2.75, 3.05) is 11.9 Å². The average molecular weight is 309 g/mol. The number of nitrogens with one attached hydrogen (secondary N) is 1. The summed E-state index contributed by atoms with van der Waals surface area (Å²) >= 11 is 0. The van der Waals surface area contributed by atoms with Gasteiger partial charge in [-0.1, -0.05) is 0 Å². The van der Waals surface area contributed by atoms with Crippen LogP contribution in [-0.2, 0) is 11.0 Å². The van der Waals surface area contributed by atoms with Crippen molar-refractivity contribution in [2.45, 2.75) is 37.5 Å². The van der Waals surface area contributed by atoms with Crippen LogP contribution < -0.4 is 5.32 Å². The Bertz CT molecular complexity index is 646. The van der Waals surface area contributed by atoms with Crippen LogP contribution in [0.25, 0.3) is 0 Å². The highest BCUT2D eigenvalue weighted by molar-refractivity contribution is 5.87. The number of amides is 1. The van der Waals surface area contributed by atoms with Gasteiger partial charge in [0.1, 0.15) is 6.04 Å². The first-order chi connectivity index (χ1) is 10.4. The fourth-order valence-corrected chi connectivity index (χ4v) is 2.75. The van der Waals surface area contributed by atoms with Crippen LogP contribution in [0.4, 0.5) is 18.9 Å². The lowest BCUT2D eigenvalue weighted by Gasteiger charge is -2.18. The first kappa shape index (κ1) is 14.7. The van der Waals surface area contributed by atoms with Crippen LogP contribution in [0.5, 0.6) is 0 Å². The van der Waals surface area contributed by atoms with Gasteiger partial charge in [-0.3, -0.25) is 4.79 Å². The molecule has 0 unspecified atom stereocenters. The molecule has 3 rings (SSSR count). The molecule has 1 amide bonds. The van der Waals surface area contributed by atoms with E-state index in [1.165, 1.54) is 12.1 Å². The summed E-state index contributed by atoms with van der Waals surface area (Å²) in [5.41, 5.74) is -1.19. The molecule has 1 aromatic rings.